The predicted molar refractivity (Wildman–Crippen MR) is 178 cm³/mol. The number of rotatable bonds is 11. The van der Waals surface area contributed by atoms with Gasteiger partial charge in [-0.3, -0.25) is 14.5 Å². The molecule has 0 aromatic rings. The van der Waals surface area contributed by atoms with Crippen molar-refractivity contribution in [3.63, 3.8) is 0 Å². The van der Waals surface area contributed by atoms with Crippen LogP contribution in [0.3, 0.4) is 0 Å². The molecule has 9 atom stereocenters. The highest BCUT2D eigenvalue weighted by molar-refractivity contribution is 6.04. The lowest BCUT2D eigenvalue weighted by molar-refractivity contribution is -0.295. The van der Waals surface area contributed by atoms with Gasteiger partial charge in [-0.15, -0.1) is 0 Å². The molecule has 10 heteroatoms. The standard InChI is InChI=1S/C35H67N3O7/c1-14-17-38-21-24(4)20-35(9,42-13)31(45-32-29(39)28(36(10)11)19-25(5)44-32)26(6)30(40)34(7,8)33(41)43-22-27(38)16-15-18-37(12)23(2)3/h23-29,31-32,39H,14-22H2,1-13H3/t24-,25-,26+,27+,28?,29-,31-,32+,35-/m1/s1. The van der Waals surface area contributed by atoms with Crippen LogP contribution in [0.1, 0.15) is 94.4 Å². The quantitative estimate of drug-likeness (QED) is 0.261. The van der Waals surface area contributed by atoms with E-state index in [1.807, 2.05) is 32.8 Å². The zero-order valence-electron chi connectivity index (χ0n) is 30.8. The van der Waals surface area contributed by atoms with Gasteiger partial charge in [-0.05, 0) is 114 Å². The fraction of sp³-hybridized carbons (Fsp3) is 0.943. The lowest BCUT2D eigenvalue weighted by atomic mass is 9.74. The van der Waals surface area contributed by atoms with Crippen molar-refractivity contribution in [2.75, 3.05) is 54.5 Å². The lowest BCUT2D eigenvalue weighted by Crippen LogP contribution is -2.59. The predicted octanol–water partition coefficient (Wildman–Crippen LogP) is 4.22. The van der Waals surface area contributed by atoms with E-state index in [1.165, 1.54) is 0 Å². The summed E-state index contributed by atoms with van der Waals surface area (Å²) in [7, 11) is 7.65. The first kappa shape index (κ1) is 40.0. The van der Waals surface area contributed by atoms with Crippen molar-refractivity contribution in [2.24, 2.45) is 17.3 Å². The molecule has 10 nitrogen and oxygen atoms in total. The number of methoxy groups -OCH3 is 1. The molecular weight excluding hydrogens is 574 g/mol. The van der Waals surface area contributed by atoms with Gasteiger partial charge in [0, 0.05) is 37.7 Å². The molecule has 0 aliphatic carbocycles. The van der Waals surface area contributed by atoms with Crippen LogP contribution in [0.25, 0.3) is 0 Å². The maximum atomic E-state index is 14.2. The summed E-state index contributed by atoms with van der Waals surface area (Å²) in [5.74, 6) is -1.38. The zero-order valence-corrected chi connectivity index (χ0v) is 30.8. The smallest absolute Gasteiger partial charge is 0.319 e. The molecule has 2 fully saturated rings. The number of likely N-dealkylation sites (N-methyl/N-ethyl adjacent to an activating group) is 1. The summed E-state index contributed by atoms with van der Waals surface area (Å²) < 4.78 is 25.1. The monoisotopic (exact) mass is 641 g/mol. The number of hydrogen-bond acceptors (Lipinski definition) is 10. The molecule has 0 aromatic carbocycles. The highest BCUT2D eigenvalue weighted by Crippen LogP contribution is 2.38. The van der Waals surface area contributed by atoms with Crippen LogP contribution in [-0.2, 0) is 28.5 Å². The Bertz CT molecular complexity index is 931. The first-order valence-corrected chi connectivity index (χ1v) is 17.3. The summed E-state index contributed by atoms with van der Waals surface area (Å²) in [4.78, 5) is 34.7. The number of nitrogens with zero attached hydrogens (tertiary/aromatic N) is 3. The number of ketones is 1. The van der Waals surface area contributed by atoms with Crippen LogP contribution >= 0.6 is 0 Å². The van der Waals surface area contributed by atoms with Crippen molar-refractivity contribution in [1.82, 2.24) is 14.7 Å². The second kappa shape index (κ2) is 17.3. The highest BCUT2D eigenvalue weighted by Gasteiger charge is 2.51. The number of aliphatic hydroxyl groups excluding tert-OH is 1. The van der Waals surface area contributed by atoms with E-state index >= 15 is 0 Å². The van der Waals surface area contributed by atoms with E-state index in [0.29, 0.717) is 18.9 Å². The van der Waals surface area contributed by atoms with E-state index in [4.69, 9.17) is 18.9 Å². The van der Waals surface area contributed by atoms with Crippen molar-refractivity contribution in [3.05, 3.63) is 0 Å². The second-order valence-electron chi connectivity index (χ2n) is 15.2. The number of carbonyl (C=O) groups is 2. The largest absolute Gasteiger partial charge is 0.463 e. The number of cyclic esters (lactones) is 1. The fourth-order valence-corrected chi connectivity index (χ4v) is 7.14. The van der Waals surface area contributed by atoms with E-state index in [2.05, 4.69) is 44.5 Å². The van der Waals surface area contributed by atoms with Crippen LogP contribution in [0, 0.1) is 17.3 Å². The molecule has 2 aliphatic rings. The molecule has 0 aromatic heterocycles. The highest BCUT2D eigenvalue weighted by atomic mass is 16.7. The van der Waals surface area contributed by atoms with E-state index < -0.39 is 41.4 Å². The van der Waals surface area contributed by atoms with Gasteiger partial charge in [-0.25, -0.2) is 0 Å². The normalized spacial score (nSPS) is 36.1. The summed E-state index contributed by atoms with van der Waals surface area (Å²) in [5, 5.41) is 11.3. The summed E-state index contributed by atoms with van der Waals surface area (Å²) in [6.07, 6.45) is 1.29. The Kier molecular flexibility index (Phi) is 15.4. The average Bonchev–Trinajstić information content (AvgIpc) is 2.96. The van der Waals surface area contributed by atoms with E-state index in [9.17, 15) is 14.7 Å². The molecule has 2 heterocycles. The van der Waals surface area contributed by atoms with Crippen molar-refractivity contribution in [1.29, 1.82) is 0 Å². The summed E-state index contributed by atoms with van der Waals surface area (Å²) in [6.45, 7) is 20.7. The first-order valence-electron chi connectivity index (χ1n) is 17.3. The van der Waals surface area contributed by atoms with Crippen molar-refractivity contribution >= 4 is 11.8 Å². The summed E-state index contributed by atoms with van der Waals surface area (Å²) in [6, 6.07) is 0.332. The van der Waals surface area contributed by atoms with E-state index in [-0.39, 0.29) is 36.5 Å². The molecule has 2 rings (SSSR count). The number of Topliss-reactive ketones (excluding diaryl/α,β-unsaturated/α-hetero) is 1. The maximum absolute atomic E-state index is 14.2. The van der Waals surface area contributed by atoms with Gasteiger partial charge in [-0.1, -0.05) is 20.8 Å². The van der Waals surface area contributed by atoms with E-state index in [1.54, 1.807) is 27.9 Å². The van der Waals surface area contributed by atoms with Crippen LogP contribution in [0.4, 0.5) is 0 Å². The number of carbonyl (C=O) groups excluding carboxylic acids is 2. The minimum absolute atomic E-state index is 0.0390. The van der Waals surface area contributed by atoms with Crippen molar-refractivity contribution < 1.29 is 33.6 Å². The first-order chi connectivity index (χ1) is 20.9. The lowest BCUT2D eigenvalue weighted by Gasteiger charge is -2.47. The maximum Gasteiger partial charge on any atom is 0.319 e. The van der Waals surface area contributed by atoms with Gasteiger partial charge in [0.1, 0.15) is 18.1 Å². The zero-order chi connectivity index (χ0) is 34.3. The molecule has 0 spiro atoms. The van der Waals surface area contributed by atoms with Gasteiger partial charge in [0.05, 0.1) is 17.8 Å². The number of aliphatic hydroxyl groups is 1. The Hall–Kier alpha value is -1.14. The topological polar surface area (TPSA) is 101 Å². The van der Waals surface area contributed by atoms with Crippen LogP contribution in [-0.4, -0.2) is 134 Å². The van der Waals surface area contributed by atoms with Crippen LogP contribution < -0.4 is 0 Å². The Morgan fingerprint density at radius 3 is 2.31 bits per heavy atom. The fourth-order valence-electron chi connectivity index (χ4n) is 7.14. The van der Waals surface area contributed by atoms with Gasteiger partial charge < -0.3 is 33.9 Å². The molecule has 1 N–H and O–H groups in total. The number of ether oxygens (including phenoxy) is 4. The average molecular weight is 642 g/mol. The molecule has 1 unspecified atom stereocenters. The second-order valence-corrected chi connectivity index (χ2v) is 15.2. The summed E-state index contributed by atoms with van der Waals surface area (Å²) in [5.41, 5.74) is -2.31. The SMILES string of the molecule is CCCN1C[C@H](C)C[C@@](C)(OC)[C@H](O[C@@H]2O[C@H](C)CC(N(C)C)[C@H]2O)[C@@H](C)C(=O)C(C)(C)C(=O)OC[C@@H]1CCCN(C)C(C)C. The third-order valence-electron chi connectivity index (χ3n) is 10.3. The Balaban J connectivity index is 2.51. The van der Waals surface area contributed by atoms with Crippen LogP contribution in [0.15, 0.2) is 0 Å². The third-order valence-corrected chi connectivity index (χ3v) is 10.3. The third kappa shape index (κ3) is 10.4. The van der Waals surface area contributed by atoms with Gasteiger partial charge in [0.25, 0.3) is 0 Å². The molecule has 264 valence electrons. The van der Waals surface area contributed by atoms with Crippen LogP contribution in [0.5, 0.6) is 0 Å². The molecule has 0 saturated carbocycles. The van der Waals surface area contributed by atoms with E-state index in [0.717, 1.165) is 38.9 Å². The van der Waals surface area contributed by atoms with Gasteiger partial charge in [0.2, 0.25) is 0 Å². The minimum Gasteiger partial charge on any atom is -0.463 e. The van der Waals surface area contributed by atoms with Crippen LogP contribution in [0.2, 0.25) is 0 Å². The molecule has 0 radical (unpaired) electrons. The molecule has 0 amide bonds. The van der Waals surface area contributed by atoms with Gasteiger partial charge in [0.15, 0.2) is 12.1 Å². The molecule has 2 aliphatic heterocycles. The van der Waals surface area contributed by atoms with Crippen molar-refractivity contribution in [2.45, 2.75) is 143 Å². The Morgan fingerprint density at radius 1 is 1.11 bits per heavy atom. The number of esters is 1. The minimum atomic E-state index is -1.40. The van der Waals surface area contributed by atoms with Gasteiger partial charge >= 0.3 is 5.97 Å². The van der Waals surface area contributed by atoms with Crippen molar-refractivity contribution in [3.8, 4) is 0 Å². The molecule has 45 heavy (non-hydrogen) atoms. The molecular formula is C35H67N3O7. The Labute approximate surface area is 274 Å². The molecule has 0 bridgehead atoms. The number of hydrogen-bond donors (Lipinski definition) is 1. The summed E-state index contributed by atoms with van der Waals surface area (Å²) >= 11 is 0. The van der Waals surface area contributed by atoms with Gasteiger partial charge in [-0.2, -0.15) is 0 Å². The Morgan fingerprint density at radius 2 is 1.76 bits per heavy atom. The molecule has 2 saturated heterocycles.